The van der Waals surface area contributed by atoms with Crippen LogP contribution in [0, 0.1) is 5.82 Å². The van der Waals surface area contributed by atoms with Gasteiger partial charge in [0.05, 0.1) is 12.1 Å². The number of nitrogens with one attached hydrogen (secondary N) is 1. The highest BCUT2D eigenvalue weighted by Crippen LogP contribution is 2.26. The molecule has 0 radical (unpaired) electrons. The van der Waals surface area contributed by atoms with Gasteiger partial charge in [-0.05, 0) is 42.0 Å². The van der Waals surface area contributed by atoms with Crippen molar-refractivity contribution >= 4 is 17.8 Å². The lowest BCUT2D eigenvalue weighted by Crippen LogP contribution is -2.18. The van der Waals surface area contributed by atoms with Gasteiger partial charge in [-0.1, -0.05) is 24.3 Å². The molecule has 2 amide bonds. The minimum absolute atomic E-state index is 0.00957. The van der Waals surface area contributed by atoms with Crippen molar-refractivity contribution < 1.29 is 18.7 Å². The first kappa shape index (κ1) is 20.7. The second-order valence-corrected chi connectivity index (χ2v) is 6.78. The minimum Gasteiger partial charge on any atom is -0.437 e. The lowest BCUT2D eigenvalue weighted by molar-refractivity contribution is 0.0997. The van der Waals surface area contributed by atoms with Crippen LogP contribution in [0.2, 0.25) is 0 Å². The normalized spacial score (nSPS) is 10.5. The molecule has 2 aromatic carbocycles. The molecule has 0 spiro atoms. The summed E-state index contributed by atoms with van der Waals surface area (Å²) in [7, 11) is 0. The molecule has 160 valence electrons. The van der Waals surface area contributed by atoms with E-state index >= 15 is 0 Å². The molecule has 2 heterocycles. The number of pyridine rings is 1. The number of imidazole rings is 1. The standard InChI is InChI=1S/C23H18FN5O3/c24-16-9-7-15(8-10-16)14-29-13-12-27-23(29)28-21(31)18-5-3-11-26-22(18)32-19-6-2-1-4-17(19)20(25)30/h1-13H,14H2,(H2,25,30)(H,27,28,31). The average Bonchev–Trinajstić information content (AvgIpc) is 3.22. The number of nitrogens with zero attached hydrogens (tertiary/aromatic N) is 3. The number of benzene rings is 2. The number of carbonyl (C=O) groups excluding carboxylic acids is 2. The molecule has 0 fully saturated rings. The molecule has 0 bridgehead atoms. The van der Waals surface area contributed by atoms with Crippen molar-refractivity contribution in [2.75, 3.05) is 5.32 Å². The topological polar surface area (TPSA) is 112 Å². The maximum absolute atomic E-state index is 13.1. The van der Waals surface area contributed by atoms with E-state index in [2.05, 4.69) is 15.3 Å². The molecule has 3 N–H and O–H groups in total. The van der Waals surface area contributed by atoms with Gasteiger partial charge in [-0.2, -0.15) is 0 Å². The molecule has 0 saturated heterocycles. The van der Waals surface area contributed by atoms with Crippen LogP contribution < -0.4 is 15.8 Å². The van der Waals surface area contributed by atoms with Gasteiger partial charge in [0.2, 0.25) is 11.8 Å². The summed E-state index contributed by atoms with van der Waals surface area (Å²) in [6.45, 7) is 0.387. The second-order valence-electron chi connectivity index (χ2n) is 6.78. The molecular weight excluding hydrogens is 413 g/mol. The van der Waals surface area contributed by atoms with E-state index in [-0.39, 0.29) is 28.6 Å². The number of rotatable bonds is 7. The Morgan fingerprint density at radius 1 is 0.969 bits per heavy atom. The third-order valence-electron chi connectivity index (χ3n) is 4.58. The van der Waals surface area contributed by atoms with E-state index in [0.29, 0.717) is 12.5 Å². The number of ether oxygens (including phenoxy) is 1. The average molecular weight is 431 g/mol. The number of halogens is 1. The first-order chi connectivity index (χ1) is 15.5. The van der Waals surface area contributed by atoms with Gasteiger partial charge in [0.25, 0.3) is 11.8 Å². The zero-order valence-corrected chi connectivity index (χ0v) is 16.7. The number of primary amides is 1. The first-order valence-electron chi connectivity index (χ1n) is 9.60. The highest BCUT2D eigenvalue weighted by Gasteiger charge is 2.18. The fraction of sp³-hybridized carbons (Fsp3) is 0.0435. The van der Waals surface area contributed by atoms with Gasteiger partial charge < -0.3 is 15.0 Å². The number of aromatic nitrogens is 3. The van der Waals surface area contributed by atoms with Crippen LogP contribution in [-0.4, -0.2) is 26.3 Å². The summed E-state index contributed by atoms with van der Waals surface area (Å²) in [5.41, 5.74) is 6.54. The molecule has 0 aliphatic rings. The minimum atomic E-state index is -0.662. The third-order valence-corrected chi connectivity index (χ3v) is 4.58. The lowest BCUT2D eigenvalue weighted by atomic mass is 10.2. The Balaban J connectivity index is 1.55. The molecule has 0 saturated carbocycles. The van der Waals surface area contributed by atoms with Crippen LogP contribution in [0.1, 0.15) is 26.3 Å². The van der Waals surface area contributed by atoms with Crippen LogP contribution in [0.15, 0.2) is 79.3 Å². The number of amides is 2. The zero-order chi connectivity index (χ0) is 22.5. The van der Waals surface area contributed by atoms with Gasteiger partial charge in [0, 0.05) is 18.6 Å². The number of hydrogen-bond donors (Lipinski definition) is 2. The predicted octanol–water partition coefficient (Wildman–Crippen LogP) is 3.61. The Hall–Kier alpha value is -4.53. The summed E-state index contributed by atoms with van der Waals surface area (Å²) >= 11 is 0. The van der Waals surface area contributed by atoms with Crippen LogP contribution in [0.3, 0.4) is 0 Å². The molecule has 8 nitrogen and oxygen atoms in total. The number of para-hydroxylation sites is 1. The van der Waals surface area contributed by atoms with E-state index in [1.807, 2.05) is 0 Å². The van der Waals surface area contributed by atoms with Crippen LogP contribution in [0.5, 0.6) is 11.6 Å². The quantitative estimate of drug-likeness (QED) is 0.464. The van der Waals surface area contributed by atoms with Crippen molar-refractivity contribution in [2.45, 2.75) is 6.54 Å². The van der Waals surface area contributed by atoms with E-state index in [9.17, 15) is 14.0 Å². The number of nitrogens with two attached hydrogens (primary N) is 1. The molecule has 0 atom stereocenters. The summed E-state index contributed by atoms with van der Waals surface area (Å²) in [5, 5.41) is 2.73. The van der Waals surface area contributed by atoms with Gasteiger partial charge in [-0.3, -0.25) is 14.9 Å². The fourth-order valence-corrected chi connectivity index (χ4v) is 3.02. The lowest BCUT2D eigenvalue weighted by Gasteiger charge is -2.13. The van der Waals surface area contributed by atoms with E-state index in [1.54, 1.807) is 53.4 Å². The summed E-state index contributed by atoms with van der Waals surface area (Å²) in [4.78, 5) is 32.9. The van der Waals surface area contributed by atoms with E-state index < -0.39 is 11.8 Å². The Bertz CT molecular complexity index is 1270. The maximum atomic E-state index is 13.1. The monoisotopic (exact) mass is 431 g/mol. The largest absolute Gasteiger partial charge is 0.437 e. The summed E-state index contributed by atoms with van der Waals surface area (Å²) in [6, 6.07) is 15.6. The number of carbonyl (C=O) groups is 2. The number of anilines is 1. The highest BCUT2D eigenvalue weighted by molar-refractivity contribution is 6.05. The zero-order valence-electron chi connectivity index (χ0n) is 16.7. The van der Waals surface area contributed by atoms with Gasteiger partial charge >= 0.3 is 0 Å². The van der Waals surface area contributed by atoms with Crippen LogP contribution in [0.25, 0.3) is 0 Å². The van der Waals surface area contributed by atoms with Crippen molar-refractivity contribution in [1.29, 1.82) is 0 Å². The Morgan fingerprint density at radius 3 is 2.50 bits per heavy atom. The van der Waals surface area contributed by atoms with E-state index in [4.69, 9.17) is 10.5 Å². The predicted molar refractivity (Wildman–Crippen MR) is 115 cm³/mol. The summed E-state index contributed by atoms with van der Waals surface area (Å²) in [5.74, 6) is -0.996. The molecule has 4 rings (SSSR count). The van der Waals surface area contributed by atoms with Gasteiger partial charge in [-0.25, -0.2) is 14.4 Å². The SMILES string of the molecule is NC(=O)c1ccccc1Oc1ncccc1C(=O)Nc1nccn1Cc1ccc(F)cc1. The van der Waals surface area contributed by atoms with Crippen molar-refractivity contribution in [1.82, 2.24) is 14.5 Å². The molecule has 4 aromatic rings. The van der Waals surface area contributed by atoms with Gasteiger partial charge in [-0.15, -0.1) is 0 Å². The molecular formula is C23H18FN5O3. The van der Waals surface area contributed by atoms with Crippen molar-refractivity contribution in [3.63, 3.8) is 0 Å². The second kappa shape index (κ2) is 9.09. The summed E-state index contributed by atoms with van der Waals surface area (Å²) < 4.78 is 20.6. The molecule has 2 aromatic heterocycles. The van der Waals surface area contributed by atoms with Crippen LogP contribution >= 0.6 is 0 Å². The van der Waals surface area contributed by atoms with Crippen LogP contribution in [-0.2, 0) is 6.54 Å². The molecule has 32 heavy (non-hydrogen) atoms. The Kier molecular flexibility index (Phi) is 5.89. The first-order valence-corrected chi connectivity index (χ1v) is 9.60. The van der Waals surface area contributed by atoms with Gasteiger partial charge in [0.1, 0.15) is 17.1 Å². The fourth-order valence-electron chi connectivity index (χ4n) is 3.02. The molecule has 0 unspecified atom stereocenters. The van der Waals surface area contributed by atoms with E-state index in [1.165, 1.54) is 30.5 Å². The summed E-state index contributed by atoms with van der Waals surface area (Å²) in [6.07, 6.45) is 4.71. The third kappa shape index (κ3) is 4.62. The number of hydrogen-bond acceptors (Lipinski definition) is 5. The molecule has 0 aliphatic heterocycles. The highest BCUT2D eigenvalue weighted by atomic mass is 19.1. The van der Waals surface area contributed by atoms with Crippen LogP contribution in [0.4, 0.5) is 10.3 Å². The van der Waals surface area contributed by atoms with E-state index in [0.717, 1.165) is 5.56 Å². The maximum Gasteiger partial charge on any atom is 0.263 e. The smallest absolute Gasteiger partial charge is 0.263 e. The Labute approximate surface area is 182 Å². The van der Waals surface area contributed by atoms with Crippen molar-refractivity contribution in [2.24, 2.45) is 5.73 Å². The van der Waals surface area contributed by atoms with Crippen molar-refractivity contribution in [3.05, 3.63) is 102 Å². The molecule has 9 heteroatoms. The molecule has 0 aliphatic carbocycles. The van der Waals surface area contributed by atoms with Crippen molar-refractivity contribution in [3.8, 4) is 11.6 Å². The van der Waals surface area contributed by atoms with Gasteiger partial charge in [0.15, 0.2) is 0 Å². The Morgan fingerprint density at radius 2 is 1.72 bits per heavy atom.